The zero-order valence-corrected chi connectivity index (χ0v) is 12.4. The van der Waals surface area contributed by atoms with Gasteiger partial charge in [-0.1, -0.05) is 23.2 Å². The lowest BCUT2D eigenvalue weighted by molar-refractivity contribution is -0.116. The summed E-state index contributed by atoms with van der Waals surface area (Å²) in [6.45, 7) is 2.19. The highest BCUT2D eigenvalue weighted by Crippen LogP contribution is 2.22. The summed E-state index contributed by atoms with van der Waals surface area (Å²) in [5, 5.41) is 6.92. The van der Waals surface area contributed by atoms with Crippen molar-refractivity contribution < 1.29 is 9.53 Å². The van der Waals surface area contributed by atoms with Gasteiger partial charge < -0.3 is 15.4 Å². The van der Waals surface area contributed by atoms with Gasteiger partial charge in [0.15, 0.2) is 0 Å². The van der Waals surface area contributed by atoms with Gasteiger partial charge in [-0.2, -0.15) is 0 Å². The maximum atomic E-state index is 11.7. The minimum Gasteiger partial charge on any atom is -0.385 e. The fraction of sp³-hybridized carbons (Fsp3) is 0.462. The molecular weight excluding hydrogens is 287 g/mol. The Labute approximate surface area is 123 Å². The van der Waals surface area contributed by atoms with Crippen molar-refractivity contribution in [3.05, 3.63) is 28.2 Å². The van der Waals surface area contributed by atoms with E-state index in [1.807, 2.05) is 0 Å². The molecule has 0 saturated heterocycles. The lowest BCUT2D eigenvalue weighted by atomic mass is 10.3. The van der Waals surface area contributed by atoms with Crippen molar-refractivity contribution in [1.82, 2.24) is 5.32 Å². The summed E-state index contributed by atoms with van der Waals surface area (Å²) in [5.74, 6) is -0.0717. The predicted molar refractivity (Wildman–Crippen MR) is 79.1 cm³/mol. The average molecular weight is 305 g/mol. The Morgan fingerprint density at radius 2 is 1.89 bits per heavy atom. The minimum atomic E-state index is -0.0717. The molecule has 0 aromatic heterocycles. The van der Waals surface area contributed by atoms with Crippen LogP contribution >= 0.6 is 23.2 Å². The van der Waals surface area contributed by atoms with Crippen LogP contribution < -0.4 is 10.6 Å². The largest absolute Gasteiger partial charge is 0.385 e. The topological polar surface area (TPSA) is 50.4 Å². The minimum absolute atomic E-state index is 0.0717. The Kier molecular flexibility index (Phi) is 7.82. The second-order valence-electron chi connectivity index (χ2n) is 4.05. The van der Waals surface area contributed by atoms with Gasteiger partial charge >= 0.3 is 0 Å². The molecule has 0 bridgehead atoms. The van der Waals surface area contributed by atoms with Crippen LogP contribution in [-0.2, 0) is 9.53 Å². The van der Waals surface area contributed by atoms with Crippen LogP contribution in [0.2, 0.25) is 10.0 Å². The quantitative estimate of drug-likeness (QED) is 0.726. The third kappa shape index (κ3) is 7.38. The monoisotopic (exact) mass is 304 g/mol. The second kappa shape index (κ2) is 9.15. The summed E-state index contributed by atoms with van der Waals surface area (Å²) in [6.07, 6.45) is 1.33. The van der Waals surface area contributed by atoms with E-state index in [0.29, 0.717) is 28.7 Å². The molecule has 0 aliphatic carbocycles. The fourth-order valence-electron chi connectivity index (χ4n) is 1.52. The Hall–Kier alpha value is -0.810. The predicted octanol–water partition coefficient (Wildman–Crippen LogP) is 2.95. The molecule has 1 amide bonds. The van der Waals surface area contributed by atoms with Crippen LogP contribution in [0, 0.1) is 0 Å². The number of hydrogen-bond donors (Lipinski definition) is 2. The summed E-state index contributed by atoms with van der Waals surface area (Å²) in [7, 11) is 1.67. The standard InChI is InChI=1S/C13H18Cl2N2O2/c1-19-6-2-4-16-5-3-13(18)17-12-8-10(14)7-11(15)9-12/h7-9,16H,2-6H2,1H3,(H,17,18). The van der Waals surface area contributed by atoms with Crippen molar-refractivity contribution in [2.75, 3.05) is 32.1 Å². The van der Waals surface area contributed by atoms with Crippen LogP contribution in [0.1, 0.15) is 12.8 Å². The average Bonchev–Trinajstić information content (AvgIpc) is 2.32. The summed E-state index contributed by atoms with van der Waals surface area (Å²) in [5.41, 5.74) is 0.613. The summed E-state index contributed by atoms with van der Waals surface area (Å²) in [4.78, 5) is 11.7. The number of nitrogens with one attached hydrogen (secondary N) is 2. The molecule has 0 radical (unpaired) electrons. The van der Waals surface area contributed by atoms with Gasteiger partial charge in [-0.15, -0.1) is 0 Å². The van der Waals surface area contributed by atoms with Crippen molar-refractivity contribution in [3.63, 3.8) is 0 Å². The molecule has 106 valence electrons. The summed E-state index contributed by atoms with van der Waals surface area (Å²) < 4.78 is 4.93. The molecule has 0 heterocycles. The van der Waals surface area contributed by atoms with Crippen LogP contribution in [0.25, 0.3) is 0 Å². The van der Waals surface area contributed by atoms with Crippen molar-refractivity contribution in [3.8, 4) is 0 Å². The lowest BCUT2D eigenvalue weighted by Crippen LogP contribution is -2.23. The first-order valence-corrected chi connectivity index (χ1v) is 6.83. The molecule has 0 aliphatic heterocycles. The van der Waals surface area contributed by atoms with Gasteiger partial charge in [0.1, 0.15) is 0 Å². The first-order valence-electron chi connectivity index (χ1n) is 6.07. The Balaban J connectivity index is 2.23. The number of carbonyl (C=O) groups excluding carboxylic acids is 1. The van der Waals surface area contributed by atoms with E-state index in [0.717, 1.165) is 19.6 Å². The first-order chi connectivity index (χ1) is 9.11. The van der Waals surface area contributed by atoms with Crippen LogP contribution in [0.3, 0.4) is 0 Å². The van der Waals surface area contributed by atoms with E-state index in [1.165, 1.54) is 0 Å². The van der Waals surface area contributed by atoms with Crippen LogP contribution in [0.15, 0.2) is 18.2 Å². The zero-order chi connectivity index (χ0) is 14.1. The molecule has 1 aromatic rings. The number of hydrogen-bond acceptors (Lipinski definition) is 3. The third-order valence-corrected chi connectivity index (χ3v) is 2.81. The SMILES string of the molecule is COCCCNCCC(=O)Nc1cc(Cl)cc(Cl)c1. The number of carbonyl (C=O) groups is 1. The third-order valence-electron chi connectivity index (χ3n) is 2.38. The number of ether oxygens (including phenoxy) is 1. The van der Waals surface area contributed by atoms with Gasteiger partial charge in [-0.3, -0.25) is 4.79 Å². The van der Waals surface area contributed by atoms with Crippen molar-refractivity contribution in [2.45, 2.75) is 12.8 Å². The normalized spacial score (nSPS) is 10.5. The molecule has 0 saturated carbocycles. The molecule has 0 atom stereocenters. The number of halogens is 2. The van der Waals surface area contributed by atoms with E-state index in [1.54, 1.807) is 25.3 Å². The molecule has 2 N–H and O–H groups in total. The molecule has 0 spiro atoms. The molecule has 1 rings (SSSR count). The van der Waals surface area contributed by atoms with E-state index < -0.39 is 0 Å². The Morgan fingerprint density at radius 3 is 2.53 bits per heavy atom. The number of rotatable bonds is 8. The highest BCUT2D eigenvalue weighted by molar-refractivity contribution is 6.35. The van der Waals surface area contributed by atoms with Crippen LogP contribution in [0.4, 0.5) is 5.69 Å². The Morgan fingerprint density at radius 1 is 1.21 bits per heavy atom. The molecule has 19 heavy (non-hydrogen) atoms. The molecule has 0 fully saturated rings. The van der Waals surface area contributed by atoms with Crippen LogP contribution in [0.5, 0.6) is 0 Å². The van der Waals surface area contributed by atoms with E-state index in [2.05, 4.69) is 10.6 Å². The van der Waals surface area contributed by atoms with Gasteiger partial charge in [-0.05, 0) is 31.2 Å². The van der Waals surface area contributed by atoms with E-state index in [4.69, 9.17) is 27.9 Å². The summed E-state index contributed by atoms with van der Waals surface area (Å²) >= 11 is 11.7. The van der Waals surface area contributed by atoms with Gasteiger partial charge in [0.05, 0.1) is 0 Å². The zero-order valence-electron chi connectivity index (χ0n) is 10.8. The lowest BCUT2D eigenvalue weighted by Gasteiger charge is -2.07. The number of amides is 1. The van der Waals surface area contributed by atoms with Gasteiger partial charge in [0, 0.05) is 42.4 Å². The number of methoxy groups -OCH3 is 1. The molecular formula is C13H18Cl2N2O2. The molecule has 0 aliphatic rings. The van der Waals surface area contributed by atoms with Gasteiger partial charge in [0.25, 0.3) is 0 Å². The molecule has 6 heteroatoms. The molecule has 4 nitrogen and oxygen atoms in total. The maximum Gasteiger partial charge on any atom is 0.225 e. The van der Waals surface area contributed by atoms with Crippen molar-refractivity contribution >= 4 is 34.8 Å². The molecule has 1 aromatic carbocycles. The van der Waals surface area contributed by atoms with Crippen LogP contribution in [-0.4, -0.2) is 32.7 Å². The summed E-state index contributed by atoms with van der Waals surface area (Å²) in [6, 6.07) is 4.95. The Bertz CT molecular complexity index is 393. The van der Waals surface area contributed by atoms with Crippen molar-refractivity contribution in [2.24, 2.45) is 0 Å². The highest BCUT2D eigenvalue weighted by Gasteiger charge is 2.04. The van der Waals surface area contributed by atoms with Gasteiger partial charge in [-0.25, -0.2) is 0 Å². The fourth-order valence-corrected chi connectivity index (χ4v) is 2.04. The van der Waals surface area contributed by atoms with E-state index in [-0.39, 0.29) is 5.91 Å². The van der Waals surface area contributed by atoms with E-state index >= 15 is 0 Å². The van der Waals surface area contributed by atoms with Crippen molar-refractivity contribution in [1.29, 1.82) is 0 Å². The number of anilines is 1. The number of benzene rings is 1. The van der Waals surface area contributed by atoms with E-state index in [9.17, 15) is 4.79 Å². The first kappa shape index (κ1) is 16.2. The second-order valence-corrected chi connectivity index (χ2v) is 4.93. The molecule has 0 unspecified atom stereocenters. The smallest absolute Gasteiger partial charge is 0.225 e. The maximum absolute atomic E-state index is 11.7. The highest BCUT2D eigenvalue weighted by atomic mass is 35.5. The van der Waals surface area contributed by atoms with Gasteiger partial charge in [0.2, 0.25) is 5.91 Å².